The minimum Gasteiger partial charge on any atom is -0.497 e. The van der Waals surface area contributed by atoms with E-state index < -0.39 is 17.1 Å². The molecule has 1 aromatic heterocycles. The molecule has 7 nitrogen and oxygen atoms in total. The summed E-state index contributed by atoms with van der Waals surface area (Å²) >= 11 is 2.35. The van der Waals surface area contributed by atoms with Gasteiger partial charge in [0.2, 0.25) is 11.8 Å². The van der Waals surface area contributed by atoms with Crippen molar-refractivity contribution in [3.05, 3.63) is 104 Å². The molecular weight excluding hydrogens is 520 g/mol. The number of rotatable bonds is 6. The molecule has 2 aliphatic rings. The molecule has 1 saturated heterocycles. The highest BCUT2D eigenvalue weighted by Gasteiger charge is 2.56. The maximum Gasteiger partial charge on any atom is 0.305 e. The number of anilines is 1. The number of benzene rings is 3. The van der Waals surface area contributed by atoms with E-state index in [0.29, 0.717) is 28.8 Å². The van der Waals surface area contributed by atoms with Crippen LogP contribution in [0.3, 0.4) is 0 Å². The summed E-state index contributed by atoms with van der Waals surface area (Å²) in [6.07, 6.45) is 0. The van der Waals surface area contributed by atoms with Crippen molar-refractivity contribution in [1.82, 2.24) is 4.98 Å². The Bertz CT molecular complexity index is 1590. The molecule has 3 atom stereocenters. The lowest BCUT2D eigenvalue weighted by atomic mass is 9.82. The third kappa shape index (κ3) is 4.21. The molecule has 3 unspecified atom stereocenters. The summed E-state index contributed by atoms with van der Waals surface area (Å²) in [6, 6.07) is 22.5. The maximum atomic E-state index is 14.0. The lowest BCUT2D eigenvalue weighted by molar-refractivity contribution is -0.122. The van der Waals surface area contributed by atoms with Gasteiger partial charge in [0.1, 0.15) is 23.4 Å². The normalized spacial score (nSPS) is 20.3. The first kappa shape index (κ1) is 24.5. The number of hydrogen-bond acceptors (Lipinski definition) is 7. The van der Waals surface area contributed by atoms with Crippen LogP contribution in [-0.2, 0) is 16.2 Å². The van der Waals surface area contributed by atoms with Gasteiger partial charge in [0.05, 0.1) is 23.7 Å². The van der Waals surface area contributed by atoms with Crippen molar-refractivity contribution >= 4 is 40.6 Å². The number of fused-ring (bicyclic) bond motifs is 2. The van der Waals surface area contributed by atoms with Gasteiger partial charge in [-0.1, -0.05) is 71.1 Å². The van der Waals surface area contributed by atoms with Gasteiger partial charge in [-0.25, -0.2) is 4.90 Å². The Balaban J connectivity index is 1.41. The van der Waals surface area contributed by atoms with Crippen LogP contribution in [0.15, 0.2) is 82.6 Å². The van der Waals surface area contributed by atoms with Crippen molar-refractivity contribution < 1.29 is 19.1 Å². The molecule has 1 fully saturated rings. The molecule has 0 bridgehead atoms. The van der Waals surface area contributed by atoms with E-state index in [4.69, 9.17) is 9.47 Å². The third-order valence-corrected chi connectivity index (χ3v) is 9.29. The minimum atomic E-state index is -0.683. The first-order chi connectivity index (χ1) is 18.4. The number of aromatic amines is 1. The van der Waals surface area contributed by atoms with Crippen LogP contribution >= 0.6 is 23.1 Å². The van der Waals surface area contributed by atoms with Gasteiger partial charge in [0, 0.05) is 16.4 Å². The second kappa shape index (κ2) is 9.81. The van der Waals surface area contributed by atoms with E-state index in [-0.39, 0.29) is 16.7 Å². The number of methoxy groups -OCH3 is 1. The standard InChI is InChI=1S/C29H24N2O5S2/c1-16-6-5-7-17(14-16)15-36-21-9-4-3-8-20(21)22-23-25(37-26-24(22)38-29(34)30-26)28(33)31(27(23)32)18-10-12-19(35-2)13-11-18/h3-14,22-23,25H,15H2,1-2H3,(H,30,34). The van der Waals surface area contributed by atoms with Crippen LogP contribution in [0.4, 0.5) is 5.69 Å². The number of carbonyl (C=O) groups excluding carboxylic acids is 2. The molecule has 3 heterocycles. The Morgan fingerprint density at radius 2 is 1.74 bits per heavy atom. The summed E-state index contributed by atoms with van der Waals surface area (Å²) in [7, 11) is 1.56. The van der Waals surface area contributed by atoms with Crippen LogP contribution in [0.1, 0.15) is 27.5 Å². The van der Waals surface area contributed by atoms with Crippen LogP contribution in [-0.4, -0.2) is 29.2 Å². The number of imide groups is 1. The van der Waals surface area contributed by atoms with Crippen LogP contribution in [0.5, 0.6) is 11.5 Å². The fraction of sp³-hybridized carbons (Fsp3) is 0.207. The van der Waals surface area contributed by atoms with E-state index in [0.717, 1.165) is 32.9 Å². The fourth-order valence-corrected chi connectivity index (χ4v) is 7.68. The molecule has 0 saturated carbocycles. The first-order valence-electron chi connectivity index (χ1n) is 12.1. The highest BCUT2D eigenvalue weighted by Crippen LogP contribution is 2.54. The summed E-state index contributed by atoms with van der Waals surface area (Å²) in [5.41, 5.74) is 3.45. The Morgan fingerprint density at radius 3 is 2.50 bits per heavy atom. The number of amides is 2. The van der Waals surface area contributed by atoms with E-state index in [2.05, 4.69) is 11.1 Å². The number of nitrogens with zero attached hydrogens (tertiary/aromatic N) is 1. The molecular formula is C29H24N2O5S2. The van der Waals surface area contributed by atoms with Crippen molar-refractivity contribution in [2.24, 2.45) is 5.92 Å². The molecule has 2 aliphatic heterocycles. The van der Waals surface area contributed by atoms with Crippen molar-refractivity contribution in [3.8, 4) is 11.5 Å². The summed E-state index contributed by atoms with van der Waals surface area (Å²) in [5, 5.41) is -0.0327. The predicted molar refractivity (Wildman–Crippen MR) is 147 cm³/mol. The average Bonchev–Trinajstić information content (AvgIpc) is 3.42. The van der Waals surface area contributed by atoms with Crippen molar-refractivity contribution in [2.75, 3.05) is 12.0 Å². The highest BCUT2D eigenvalue weighted by atomic mass is 32.2. The second-order valence-corrected chi connectivity index (χ2v) is 11.4. The molecule has 192 valence electrons. The molecule has 1 N–H and O–H groups in total. The number of H-pyrrole nitrogens is 1. The predicted octanol–water partition coefficient (Wildman–Crippen LogP) is 5.13. The van der Waals surface area contributed by atoms with Gasteiger partial charge in [-0.3, -0.25) is 14.4 Å². The van der Waals surface area contributed by atoms with E-state index in [1.165, 1.54) is 16.7 Å². The Labute approximate surface area is 227 Å². The van der Waals surface area contributed by atoms with Gasteiger partial charge in [-0.2, -0.15) is 0 Å². The van der Waals surface area contributed by atoms with Gasteiger partial charge >= 0.3 is 4.87 Å². The molecule has 2 amide bonds. The molecule has 0 radical (unpaired) electrons. The quantitative estimate of drug-likeness (QED) is 0.339. The van der Waals surface area contributed by atoms with Crippen LogP contribution in [0.2, 0.25) is 0 Å². The minimum absolute atomic E-state index is 0.211. The van der Waals surface area contributed by atoms with E-state index in [1.807, 2.05) is 49.4 Å². The van der Waals surface area contributed by atoms with Gasteiger partial charge in [0.15, 0.2) is 0 Å². The molecule has 6 rings (SSSR count). The molecule has 4 aromatic rings. The summed E-state index contributed by atoms with van der Waals surface area (Å²) in [4.78, 5) is 44.7. The lowest BCUT2D eigenvalue weighted by Crippen LogP contribution is -2.32. The van der Waals surface area contributed by atoms with E-state index in [9.17, 15) is 14.4 Å². The van der Waals surface area contributed by atoms with E-state index >= 15 is 0 Å². The number of thiazole rings is 1. The van der Waals surface area contributed by atoms with Gasteiger partial charge in [0.25, 0.3) is 0 Å². The zero-order chi connectivity index (χ0) is 26.4. The number of hydrogen-bond donors (Lipinski definition) is 1. The fourth-order valence-electron chi connectivity index (χ4n) is 5.17. The highest BCUT2D eigenvalue weighted by molar-refractivity contribution is 8.00. The Hall–Kier alpha value is -3.82. The van der Waals surface area contributed by atoms with Crippen LogP contribution in [0, 0.1) is 12.8 Å². The SMILES string of the molecule is COc1ccc(N2C(=O)C3Sc4[nH]c(=O)sc4C(c4ccccc4OCc4cccc(C)c4)C3C2=O)cc1. The van der Waals surface area contributed by atoms with Crippen LogP contribution < -0.4 is 19.2 Å². The Morgan fingerprint density at radius 1 is 0.947 bits per heavy atom. The zero-order valence-electron chi connectivity index (χ0n) is 20.7. The monoisotopic (exact) mass is 544 g/mol. The van der Waals surface area contributed by atoms with Crippen molar-refractivity contribution in [2.45, 2.75) is 29.7 Å². The number of aryl methyl sites for hydroxylation is 1. The summed E-state index contributed by atoms with van der Waals surface area (Å²) in [6.45, 7) is 2.39. The van der Waals surface area contributed by atoms with Crippen LogP contribution in [0.25, 0.3) is 0 Å². The summed E-state index contributed by atoms with van der Waals surface area (Å²) < 4.78 is 11.5. The second-order valence-electron chi connectivity index (χ2n) is 9.28. The molecule has 38 heavy (non-hydrogen) atoms. The topological polar surface area (TPSA) is 88.7 Å². The number of ether oxygens (including phenoxy) is 2. The first-order valence-corrected chi connectivity index (χ1v) is 13.8. The Kier molecular flexibility index (Phi) is 6.33. The third-order valence-electron chi connectivity index (χ3n) is 6.89. The number of thioether (sulfide) groups is 1. The van der Waals surface area contributed by atoms with Gasteiger partial charge in [-0.15, -0.1) is 0 Å². The molecule has 3 aromatic carbocycles. The lowest BCUT2D eigenvalue weighted by Gasteiger charge is -2.30. The maximum absolute atomic E-state index is 14.0. The zero-order valence-corrected chi connectivity index (χ0v) is 22.3. The molecule has 9 heteroatoms. The smallest absolute Gasteiger partial charge is 0.305 e. The average molecular weight is 545 g/mol. The number of carbonyl (C=O) groups is 2. The largest absolute Gasteiger partial charge is 0.497 e. The molecule has 0 aliphatic carbocycles. The summed E-state index contributed by atoms with van der Waals surface area (Å²) in [5.74, 6) is -0.513. The number of aromatic nitrogens is 1. The number of nitrogens with one attached hydrogen (secondary N) is 1. The number of para-hydroxylation sites is 1. The van der Waals surface area contributed by atoms with Gasteiger partial charge in [-0.05, 0) is 42.8 Å². The van der Waals surface area contributed by atoms with Crippen molar-refractivity contribution in [3.63, 3.8) is 0 Å². The van der Waals surface area contributed by atoms with E-state index in [1.54, 1.807) is 31.4 Å². The van der Waals surface area contributed by atoms with Crippen molar-refractivity contribution in [1.29, 1.82) is 0 Å². The molecule has 0 spiro atoms. The van der Waals surface area contributed by atoms with Gasteiger partial charge < -0.3 is 14.5 Å².